The summed E-state index contributed by atoms with van der Waals surface area (Å²) in [7, 11) is 1.31. The largest absolute Gasteiger partial charge is 0.481 e. The molecule has 0 aliphatic rings. The molecule has 2 aromatic rings. The maximum Gasteiger partial charge on any atom is 0.337 e. The lowest BCUT2D eigenvalue weighted by atomic mass is 10.2. The number of esters is 1. The van der Waals surface area contributed by atoms with Gasteiger partial charge in [-0.3, -0.25) is 4.79 Å². The second-order valence-corrected chi connectivity index (χ2v) is 6.11. The molecule has 1 amide bonds. The van der Waals surface area contributed by atoms with E-state index in [9.17, 15) is 9.59 Å². The molecule has 0 bridgehead atoms. The van der Waals surface area contributed by atoms with E-state index in [1.807, 2.05) is 25.1 Å². The highest BCUT2D eigenvalue weighted by atomic mass is 79.9. The zero-order chi connectivity index (χ0) is 17.7. The van der Waals surface area contributed by atoms with Crippen LogP contribution in [0.2, 0.25) is 0 Å². The lowest BCUT2D eigenvalue weighted by molar-refractivity contribution is -0.122. The van der Waals surface area contributed by atoms with Crippen LogP contribution in [0.5, 0.6) is 5.75 Å². The summed E-state index contributed by atoms with van der Waals surface area (Å²) in [6, 6.07) is 12.2. The van der Waals surface area contributed by atoms with E-state index in [0.29, 0.717) is 17.0 Å². The summed E-state index contributed by atoms with van der Waals surface area (Å²) in [6.07, 6.45) is -0.730. The zero-order valence-corrected chi connectivity index (χ0v) is 15.2. The Bertz CT molecular complexity index is 760. The van der Waals surface area contributed by atoms with Crippen molar-refractivity contribution in [3.05, 3.63) is 58.1 Å². The monoisotopic (exact) mass is 391 g/mol. The van der Waals surface area contributed by atoms with Gasteiger partial charge in [0.05, 0.1) is 18.4 Å². The van der Waals surface area contributed by atoms with Crippen molar-refractivity contribution in [2.45, 2.75) is 20.0 Å². The van der Waals surface area contributed by atoms with Gasteiger partial charge in [-0.05, 0) is 65.7 Å². The van der Waals surface area contributed by atoms with Crippen molar-refractivity contribution >= 4 is 33.5 Å². The SMILES string of the molecule is COC(=O)c1cccc(O[C@@H](C)C(=O)Nc2ccc(C)cc2Br)c1. The number of rotatable bonds is 5. The molecule has 1 atom stereocenters. The molecule has 0 saturated carbocycles. The van der Waals surface area contributed by atoms with Gasteiger partial charge in [0.15, 0.2) is 6.10 Å². The first-order valence-electron chi connectivity index (χ1n) is 7.32. The smallest absolute Gasteiger partial charge is 0.337 e. The minimum absolute atomic E-state index is 0.289. The van der Waals surface area contributed by atoms with E-state index >= 15 is 0 Å². The Morgan fingerprint density at radius 3 is 2.58 bits per heavy atom. The fourth-order valence-electron chi connectivity index (χ4n) is 2.03. The number of hydrogen-bond acceptors (Lipinski definition) is 4. The summed E-state index contributed by atoms with van der Waals surface area (Å²) in [4.78, 5) is 23.8. The quantitative estimate of drug-likeness (QED) is 0.783. The Labute approximate surface area is 149 Å². The number of benzene rings is 2. The van der Waals surface area contributed by atoms with Gasteiger partial charge in [-0.25, -0.2) is 4.79 Å². The molecule has 1 N–H and O–H groups in total. The van der Waals surface area contributed by atoms with Crippen molar-refractivity contribution < 1.29 is 19.1 Å². The molecule has 0 fully saturated rings. The Kier molecular flexibility index (Phi) is 5.98. The Morgan fingerprint density at radius 2 is 1.92 bits per heavy atom. The number of amides is 1. The minimum atomic E-state index is -0.730. The van der Waals surface area contributed by atoms with Crippen LogP contribution in [0.3, 0.4) is 0 Å². The van der Waals surface area contributed by atoms with Crippen LogP contribution in [0, 0.1) is 6.92 Å². The number of carbonyl (C=O) groups excluding carboxylic acids is 2. The van der Waals surface area contributed by atoms with Crippen molar-refractivity contribution in [2.75, 3.05) is 12.4 Å². The molecular weight excluding hydrogens is 374 g/mol. The normalized spacial score (nSPS) is 11.5. The maximum atomic E-state index is 12.3. The van der Waals surface area contributed by atoms with Crippen LogP contribution in [-0.4, -0.2) is 25.1 Å². The van der Waals surface area contributed by atoms with E-state index < -0.39 is 12.1 Å². The van der Waals surface area contributed by atoms with Crippen LogP contribution in [0.4, 0.5) is 5.69 Å². The fourth-order valence-corrected chi connectivity index (χ4v) is 2.62. The number of ether oxygens (including phenoxy) is 2. The average molecular weight is 392 g/mol. The van der Waals surface area contributed by atoms with Gasteiger partial charge in [0.25, 0.3) is 5.91 Å². The summed E-state index contributed by atoms with van der Waals surface area (Å²) >= 11 is 3.42. The standard InChI is InChI=1S/C18H18BrNO4/c1-11-7-8-16(15(19)9-11)20-17(21)12(2)24-14-6-4-5-13(10-14)18(22)23-3/h4-10,12H,1-3H3,(H,20,21)/t12-/m0/s1. The van der Waals surface area contributed by atoms with E-state index in [2.05, 4.69) is 26.0 Å². The van der Waals surface area contributed by atoms with Gasteiger partial charge < -0.3 is 14.8 Å². The average Bonchev–Trinajstić information content (AvgIpc) is 2.56. The predicted octanol–water partition coefficient (Wildman–Crippen LogP) is 3.95. The molecule has 24 heavy (non-hydrogen) atoms. The van der Waals surface area contributed by atoms with Crippen LogP contribution < -0.4 is 10.1 Å². The summed E-state index contributed by atoms with van der Waals surface area (Å²) in [5, 5.41) is 2.80. The highest BCUT2D eigenvalue weighted by Crippen LogP contribution is 2.24. The molecule has 0 saturated heterocycles. The molecule has 0 unspecified atom stereocenters. The minimum Gasteiger partial charge on any atom is -0.481 e. The van der Waals surface area contributed by atoms with Crippen LogP contribution in [0.15, 0.2) is 46.9 Å². The van der Waals surface area contributed by atoms with Gasteiger partial charge >= 0.3 is 5.97 Å². The topological polar surface area (TPSA) is 64.6 Å². The molecule has 0 spiro atoms. The number of nitrogens with one attached hydrogen (secondary N) is 1. The number of anilines is 1. The van der Waals surface area contributed by atoms with Crippen molar-refractivity contribution in [3.63, 3.8) is 0 Å². The number of carbonyl (C=O) groups is 2. The summed E-state index contributed by atoms with van der Waals surface area (Å²) in [5.41, 5.74) is 2.12. The third-order valence-electron chi connectivity index (χ3n) is 3.32. The van der Waals surface area contributed by atoms with E-state index in [0.717, 1.165) is 10.0 Å². The number of aryl methyl sites for hydroxylation is 1. The molecule has 6 heteroatoms. The van der Waals surface area contributed by atoms with Gasteiger partial charge in [-0.15, -0.1) is 0 Å². The van der Waals surface area contributed by atoms with Crippen LogP contribution in [0.1, 0.15) is 22.8 Å². The van der Waals surface area contributed by atoms with Gasteiger partial charge in [0, 0.05) is 4.47 Å². The lowest BCUT2D eigenvalue weighted by Crippen LogP contribution is -2.30. The molecule has 2 aromatic carbocycles. The van der Waals surface area contributed by atoms with Gasteiger partial charge in [0.2, 0.25) is 0 Å². The number of hydrogen-bond donors (Lipinski definition) is 1. The zero-order valence-electron chi connectivity index (χ0n) is 13.6. The number of methoxy groups -OCH3 is 1. The molecule has 0 heterocycles. The van der Waals surface area contributed by atoms with Crippen molar-refractivity contribution in [1.29, 1.82) is 0 Å². The van der Waals surface area contributed by atoms with E-state index in [-0.39, 0.29) is 5.91 Å². The van der Waals surface area contributed by atoms with Crippen LogP contribution in [0.25, 0.3) is 0 Å². The van der Waals surface area contributed by atoms with Crippen LogP contribution >= 0.6 is 15.9 Å². The summed E-state index contributed by atoms with van der Waals surface area (Å²) < 4.78 is 11.1. The lowest BCUT2D eigenvalue weighted by Gasteiger charge is -2.16. The van der Waals surface area contributed by atoms with E-state index in [1.165, 1.54) is 13.2 Å². The van der Waals surface area contributed by atoms with Gasteiger partial charge in [-0.1, -0.05) is 12.1 Å². The second-order valence-electron chi connectivity index (χ2n) is 5.25. The first kappa shape index (κ1) is 18.0. The van der Waals surface area contributed by atoms with Gasteiger partial charge in [0.1, 0.15) is 5.75 Å². The highest BCUT2D eigenvalue weighted by molar-refractivity contribution is 9.10. The molecule has 0 aliphatic carbocycles. The number of halogens is 1. The van der Waals surface area contributed by atoms with Crippen molar-refractivity contribution in [3.8, 4) is 5.75 Å². The van der Waals surface area contributed by atoms with E-state index in [1.54, 1.807) is 25.1 Å². The molecule has 2 rings (SSSR count). The van der Waals surface area contributed by atoms with Crippen molar-refractivity contribution in [2.24, 2.45) is 0 Å². The summed E-state index contributed by atoms with van der Waals surface area (Å²) in [6.45, 7) is 3.61. The molecule has 0 radical (unpaired) electrons. The third-order valence-corrected chi connectivity index (χ3v) is 3.98. The first-order valence-corrected chi connectivity index (χ1v) is 8.12. The van der Waals surface area contributed by atoms with Gasteiger partial charge in [-0.2, -0.15) is 0 Å². The second kappa shape index (κ2) is 7.97. The molecule has 0 aliphatic heterocycles. The fraction of sp³-hybridized carbons (Fsp3) is 0.222. The molecular formula is C18H18BrNO4. The maximum absolute atomic E-state index is 12.3. The van der Waals surface area contributed by atoms with Crippen LogP contribution in [-0.2, 0) is 9.53 Å². The predicted molar refractivity (Wildman–Crippen MR) is 95.4 cm³/mol. The Morgan fingerprint density at radius 1 is 1.17 bits per heavy atom. The summed E-state index contributed by atoms with van der Waals surface area (Å²) in [5.74, 6) is -0.326. The third kappa shape index (κ3) is 4.58. The van der Waals surface area contributed by atoms with E-state index in [4.69, 9.17) is 4.74 Å². The molecule has 5 nitrogen and oxygen atoms in total. The molecule has 126 valence electrons. The van der Waals surface area contributed by atoms with Crippen molar-refractivity contribution in [1.82, 2.24) is 0 Å². The first-order chi connectivity index (χ1) is 11.4. The highest BCUT2D eigenvalue weighted by Gasteiger charge is 2.17. The molecule has 0 aromatic heterocycles. The Balaban J connectivity index is 2.05. The Hall–Kier alpha value is -2.34.